The third-order valence-electron chi connectivity index (χ3n) is 9.11. The minimum Gasteiger partial charge on any atom is -0.455 e. The lowest BCUT2D eigenvalue weighted by atomic mass is 9.96. The molecule has 0 aliphatic rings. The van der Waals surface area contributed by atoms with Crippen LogP contribution < -0.4 is 0 Å². The van der Waals surface area contributed by atoms with Gasteiger partial charge in [-0.25, -0.2) is 15.0 Å². The van der Waals surface area contributed by atoms with Crippen LogP contribution in [0.3, 0.4) is 0 Å². The van der Waals surface area contributed by atoms with Gasteiger partial charge in [0.15, 0.2) is 17.5 Å². The average Bonchev–Trinajstić information content (AvgIpc) is 3.73. The molecule has 0 N–H and O–H groups in total. The van der Waals surface area contributed by atoms with Crippen LogP contribution >= 0.6 is 11.3 Å². The van der Waals surface area contributed by atoms with Gasteiger partial charge >= 0.3 is 0 Å². The van der Waals surface area contributed by atoms with Crippen molar-refractivity contribution in [1.29, 1.82) is 0 Å². The van der Waals surface area contributed by atoms with Crippen LogP contribution in [0.15, 0.2) is 156 Å². The van der Waals surface area contributed by atoms with Crippen molar-refractivity contribution in [3.8, 4) is 45.3 Å². The summed E-state index contributed by atoms with van der Waals surface area (Å²) in [6.07, 6.45) is 0. The highest BCUT2D eigenvalue weighted by Gasteiger charge is 2.19. The van der Waals surface area contributed by atoms with Crippen molar-refractivity contribution in [2.24, 2.45) is 0 Å². The molecule has 3 aromatic heterocycles. The standard InChI is InChI=1S/C43H25N3OS/c1-3-12-27(13-4-1)41-44-42(28-14-5-2-6-15-28)46-43(45-41)30-23-35(39-34-17-9-10-18-37(34)48-38(39)25-30)29-20-21-32-33-22-19-26-11-7-8-16-31(26)40(33)47-36(32)24-29/h1-25H. The van der Waals surface area contributed by atoms with Gasteiger partial charge in [-0.05, 0) is 52.9 Å². The lowest BCUT2D eigenvalue weighted by Crippen LogP contribution is -2.00. The smallest absolute Gasteiger partial charge is 0.164 e. The molecule has 0 unspecified atom stereocenters. The van der Waals surface area contributed by atoms with E-state index in [1.165, 1.54) is 25.6 Å². The van der Waals surface area contributed by atoms with Crippen molar-refractivity contribution in [2.45, 2.75) is 0 Å². The maximum atomic E-state index is 6.62. The molecular weight excluding hydrogens is 607 g/mol. The first kappa shape index (κ1) is 27.0. The van der Waals surface area contributed by atoms with E-state index in [4.69, 9.17) is 19.4 Å². The molecule has 4 nitrogen and oxygen atoms in total. The minimum atomic E-state index is 0.639. The quantitative estimate of drug-likeness (QED) is 0.194. The van der Waals surface area contributed by atoms with Gasteiger partial charge < -0.3 is 4.42 Å². The average molecular weight is 632 g/mol. The maximum Gasteiger partial charge on any atom is 0.164 e. The topological polar surface area (TPSA) is 51.8 Å². The zero-order valence-corrected chi connectivity index (χ0v) is 26.4. The van der Waals surface area contributed by atoms with Crippen LogP contribution in [0.4, 0.5) is 0 Å². The monoisotopic (exact) mass is 631 g/mol. The van der Waals surface area contributed by atoms with Gasteiger partial charge in [-0.2, -0.15) is 0 Å². The largest absolute Gasteiger partial charge is 0.455 e. The van der Waals surface area contributed by atoms with Crippen LogP contribution in [0.2, 0.25) is 0 Å². The number of aromatic nitrogens is 3. The molecule has 0 spiro atoms. The molecule has 0 aliphatic heterocycles. The number of fused-ring (bicyclic) bond motifs is 8. The number of hydrogen-bond donors (Lipinski definition) is 0. The van der Waals surface area contributed by atoms with Crippen LogP contribution in [0.25, 0.3) is 98.2 Å². The van der Waals surface area contributed by atoms with E-state index in [0.717, 1.165) is 55.1 Å². The predicted octanol–water partition coefficient (Wildman–Crippen LogP) is 12.0. The third-order valence-corrected chi connectivity index (χ3v) is 10.2. The highest BCUT2D eigenvalue weighted by Crippen LogP contribution is 2.44. The Morgan fingerprint density at radius 3 is 1.79 bits per heavy atom. The fraction of sp³-hybridized carbons (Fsp3) is 0. The summed E-state index contributed by atoms with van der Waals surface area (Å²) in [5.41, 5.74) is 6.84. The van der Waals surface area contributed by atoms with E-state index in [-0.39, 0.29) is 0 Å². The molecule has 0 amide bonds. The Labute approximate surface area is 279 Å². The second-order valence-electron chi connectivity index (χ2n) is 12.0. The van der Waals surface area contributed by atoms with Gasteiger partial charge in [0.25, 0.3) is 0 Å². The van der Waals surface area contributed by atoms with Crippen LogP contribution in [0, 0.1) is 0 Å². The summed E-state index contributed by atoms with van der Waals surface area (Å²) in [7, 11) is 0. The van der Waals surface area contributed by atoms with Gasteiger partial charge in [-0.1, -0.05) is 115 Å². The second-order valence-corrected chi connectivity index (χ2v) is 13.1. The molecule has 0 saturated heterocycles. The third kappa shape index (κ3) is 4.33. The first-order valence-electron chi connectivity index (χ1n) is 15.9. The zero-order valence-electron chi connectivity index (χ0n) is 25.6. The molecule has 0 saturated carbocycles. The Bertz CT molecular complexity index is 2780. The Balaban J connectivity index is 1.23. The molecule has 3 heterocycles. The Kier molecular flexibility index (Phi) is 6.01. The molecule has 0 fully saturated rings. The summed E-state index contributed by atoms with van der Waals surface area (Å²) < 4.78 is 9.05. The van der Waals surface area contributed by atoms with E-state index < -0.39 is 0 Å². The van der Waals surface area contributed by atoms with Crippen molar-refractivity contribution in [3.63, 3.8) is 0 Å². The summed E-state index contributed by atoms with van der Waals surface area (Å²) in [6.45, 7) is 0. The van der Waals surface area contributed by atoms with Gasteiger partial charge in [0.2, 0.25) is 0 Å². The van der Waals surface area contributed by atoms with E-state index in [1.54, 1.807) is 11.3 Å². The number of benzene rings is 7. The molecule has 0 aliphatic carbocycles. The van der Waals surface area contributed by atoms with E-state index in [0.29, 0.717) is 17.5 Å². The van der Waals surface area contributed by atoms with Crippen molar-refractivity contribution in [2.75, 3.05) is 0 Å². The van der Waals surface area contributed by atoms with Crippen molar-refractivity contribution >= 4 is 64.2 Å². The number of rotatable bonds is 4. The van der Waals surface area contributed by atoms with Crippen LogP contribution in [0.1, 0.15) is 0 Å². The molecule has 224 valence electrons. The molecule has 0 radical (unpaired) electrons. The van der Waals surface area contributed by atoms with Crippen LogP contribution in [0.5, 0.6) is 0 Å². The van der Waals surface area contributed by atoms with Gasteiger partial charge in [0.1, 0.15) is 11.2 Å². The van der Waals surface area contributed by atoms with E-state index >= 15 is 0 Å². The lowest BCUT2D eigenvalue weighted by molar-refractivity contribution is 0.673. The molecule has 10 rings (SSSR count). The SMILES string of the molecule is c1ccc(-c2nc(-c3ccccc3)nc(-c3cc(-c4ccc5c(c4)oc4c6ccccc6ccc54)c4c(c3)sc3ccccc34)n2)cc1. The summed E-state index contributed by atoms with van der Waals surface area (Å²) in [6, 6.07) is 52.7. The molecular formula is C43H25N3OS. The summed E-state index contributed by atoms with van der Waals surface area (Å²) in [4.78, 5) is 15.1. The second kappa shape index (κ2) is 10.7. The summed E-state index contributed by atoms with van der Waals surface area (Å²) in [5.74, 6) is 1.93. The molecule has 0 atom stereocenters. The minimum absolute atomic E-state index is 0.639. The number of thiophene rings is 1. The maximum absolute atomic E-state index is 6.62. The Morgan fingerprint density at radius 2 is 1.04 bits per heavy atom. The van der Waals surface area contributed by atoms with E-state index in [1.807, 2.05) is 60.7 Å². The Hall–Kier alpha value is -6.17. The van der Waals surface area contributed by atoms with Gasteiger partial charge in [0.05, 0.1) is 0 Å². The van der Waals surface area contributed by atoms with Gasteiger partial charge in [-0.15, -0.1) is 11.3 Å². The summed E-state index contributed by atoms with van der Waals surface area (Å²) in [5, 5.41) is 6.99. The molecule has 48 heavy (non-hydrogen) atoms. The van der Waals surface area contributed by atoms with Gasteiger partial charge in [0, 0.05) is 53.0 Å². The fourth-order valence-corrected chi connectivity index (χ4v) is 7.99. The fourth-order valence-electron chi connectivity index (χ4n) is 6.82. The molecule has 0 bridgehead atoms. The molecule has 5 heteroatoms. The summed E-state index contributed by atoms with van der Waals surface area (Å²) >= 11 is 1.79. The zero-order chi connectivity index (χ0) is 31.6. The first-order valence-corrected chi connectivity index (χ1v) is 16.8. The number of hydrogen-bond acceptors (Lipinski definition) is 5. The van der Waals surface area contributed by atoms with Gasteiger partial charge in [-0.3, -0.25) is 0 Å². The van der Waals surface area contributed by atoms with Crippen molar-refractivity contribution in [3.05, 3.63) is 152 Å². The number of furan rings is 1. The van der Waals surface area contributed by atoms with E-state index in [9.17, 15) is 0 Å². The van der Waals surface area contributed by atoms with Crippen LogP contribution in [-0.4, -0.2) is 15.0 Å². The van der Waals surface area contributed by atoms with Crippen molar-refractivity contribution in [1.82, 2.24) is 15.0 Å². The molecule has 10 aromatic rings. The van der Waals surface area contributed by atoms with E-state index in [2.05, 4.69) is 91.0 Å². The van der Waals surface area contributed by atoms with Crippen molar-refractivity contribution < 1.29 is 4.42 Å². The predicted molar refractivity (Wildman–Crippen MR) is 199 cm³/mol. The lowest BCUT2D eigenvalue weighted by Gasteiger charge is -2.11. The Morgan fingerprint density at radius 1 is 0.417 bits per heavy atom. The highest BCUT2D eigenvalue weighted by atomic mass is 32.1. The normalized spacial score (nSPS) is 11.8. The highest BCUT2D eigenvalue weighted by molar-refractivity contribution is 7.26. The first-order chi connectivity index (χ1) is 23.8. The molecule has 7 aromatic carbocycles. The number of nitrogens with zero attached hydrogens (tertiary/aromatic N) is 3. The van der Waals surface area contributed by atoms with Crippen LogP contribution in [-0.2, 0) is 0 Å².